The summed E-state index contributed by atoms with van der Waals surface area (Å²) in [5.74, 6) is 1.76. The fraction of sp³-hybridized carbons (Fsp3) is 0.242. The molecule has 6 aromatic rings. The zero-order valence-electron chi connectivity index (χ0n) is 22.5. The van der Waals surface area contributed by atoms with Crippen molar-refractivity contribution >= 4 is 38.9 Å². The Bertz CT molecular complexity index is 1950. The summed E-state index contributed by atoms with van der Waals surface area (Å²) in [4.78, 5) is 29.6. The number of aromatic nitrogens is 4. The summed E-state index contributed by atoms with van der Waals surface area (Å²) in [6.07, 6.45) is 3.08. The summed E-state index contributed by atoms with van der Waals surface area (Å²) in [5.41, 5.74) is 8.42. The van der Waals surface area contributed by atoms with Crippen LogP contribution in [0.5, 0.6) is 0 Å². The van der Waals surface area contributed by atoms with Crippen LogP contribution in [0.4, 0.5) is 4.79 Å². The Morgan fingerprint density at radius 2 is 1.32 bits per heavy atom. The molecule has 41 heavy (non-hydrogen) atoms. The van der Waals surface area contributed by atoms with E-state index in [1.807, 2.05) is 6.07 Å². The van der Waals surface area contributed by atoms with Gasteiger partial charge in [-0.3, -0.25) is 4.90 Å². The Labute approximate surface area is 236 Å². The van der Waals surface area contributed by atoms with Crippen LogP contribution in [-0.4, -0.2) is 49.1 Å². The van der Waals surface area contributed by atoms with E-state index >= 15 is 0 Å². The molecule has 1 amide bonds. The van der Waals surface area contributed by atoms with Crippen molar-refractivity contribution in [3.8, 4) is 22.3 Å². The molecular weight excluding hydrogens is 512 g/mol. The number of nitrogens with one attached hydrogen (secondary N) is 3. The van der Waals surface area contributed by atoms with Crippen LogP contribution in [0.15, 0.2) is 72.8 Å². The molecule has 8 rings (SSSR count). The number of carbonyl (C=O) groups is 1. The van der Waals surface area contributed by atoms with E-state index in [0.29, 0.717) is 12.6 Å². The predicted molar refractivity (Wildman–Crippen MR) is 161 cm³/mol. The van der Waals surface area contributed by atoms with E-state index < -0.39 is 6.09 Å². The minimum Gasteiger partial charge on any atom is -0.465 e. The number of aromatic amines is 2. The van der Waals surface area contributed by atoms with Gasteiger partial charge in [-0.15, -0.1) is 0 Å². The molecule has 2 fully saturated rings. The number of amides is 1. The van der Waals surface area contributed by atoms with Gasteiger partial charge in [-0.25, -0.2) is 14.8 Å². The van der Waals surface area contributed by atoms with Gasteiger partial charge in [0, 0.05) is 6.54 Å². The summed E-state index contributed by atoms with van der Waals surface area (Å²) < 4.78 is 0. The lowest BCUT2D eigenvalue weighted by molar-refractivity contribution is 0.139. The summed E-state index contributed by atoms with van der Waals surface area (Å²) >= 11 is 0. The highest BCUT2D eigenvalue weighted by molar-refractivity contribution is 5.93. The normalized spacial score (nSPS) is 19.2. The van der Waals surface area contributed by atoms with Crippen LogP contribution in [0.1, 0.15) is 49.4 Å². The Balaban J connectivity index is 1.08. The first-order chi connectivity index (χ1) is 20.1. The maximum atomic E-state index is 11.6. The largest absolute Gasteiger partial charge is 0.465 e. The number of imidazole rings is 2. The van der Waals surface area contributed by atoms with Crippen molar-refractivity contribution in [2.45, 2.75) is 37.8 Å². The molecule has 2 aliphatic heterocycles. The van der Waals surface area contributed by atoms with Gasteiger partial charge in [-0.1, -0.05) is 36.4 Å². The number of H-pyrrole nitrogens is 2. The molecule has 8 heteroatoms. The second-order valence-electron chi connectivity index (χ2n) is 11.3. The highest BCUT2D eigenvalue weighted by Crippen LogP contribution is 2.34. The molecule has 0 radical (unpaired) electrons. The fourth-order valence-corrected chi connectivity index (χ4v) is 6.54. The van der Waals surface area contributed by atoms with E-state index in [-0.39, 0.29) is 6.04 Å². The number of nitrogens with zero attached hydrogens (tertiary/aromatic N) is 3. The third kappa shape index (κ3) is 4.22. The topological polar surface area (TPSA) is 110 Å². The van der Waals surface area contributed by atoms with Crippen LogP contribution < -0.4 is 5.32 Å². The zero-order valence-corrected chi connectivity index (χ0v) is 22.5. The van der Waals surface area contributed by atoms with Crippen LogP contribution in [0, 0.1) is 0 Å². The van der Waals surface area contributed by atoms with Crippen molar-refractivity contribution in [2.24, 2.45) is 0 Å². The minimum absolute atomic E-state index is 0.210. The molecule has 0 saturated carbocycles. The summed E-state index contributed by atoms with van der Waals surface area (Å²) in [5, 5.41) is 15.4. The SMILES string of the molecule is O=C(O)N1CCC[C@H]1c1nc2ccc(-c3ccc4cc(-c5ccc6nc([C@@H]7CCCN7)[nH]c6c5)ccc4c3)cc2[nH]1. The molecule has 0 spiro atoms. The summed E-state index contributed by atoms with van der Waals surface area (Å²) in [6.45, 7) is 1.61. The molecule has 4 N–H and O–H groups in total. The molecule has 4 aromatic carbocycles. The Morgan fingerprint density at radius 1 is 0.732 bits per heavy atom. The molecule has 2 aliphatic rings. The predicted octanol–water partition coefficient (Wildman–Crippen LogP) is 7.17. The zero-order chi connectivity index (χ0) is 27.5. The maximum Gasteiger partial charge on any atom is 0.407 e. The van der Waals surface area contributed by atoms with Crippen LogP contribution in [0.2, 0.25) is 0 Å². The van der Waals surface area contributed by atoms with Gasteiger partial charge in [0.15, 0.2) is 0 Å². The van der Waals surface area contributed by atoms with Crippen molar-refractivity contribution in [1.29, 1.82) is 0 Å². The van der Waals surface area contributed by atoms with E-state index in [1.54, 1.807) is 0 Å². The van der Waals surface area contributed by atoms with Crippen molar-refractivity contribution in [3.63, 3.8) is 0 Å². The number of carboxylic acid groups (broad SMARTS) is 1. The highest BCUT2D eigenvalue weighted by atomic mass is 16.4. The standard InChI is InChI=1S/C33H30N6O2/c40-33(41)39-14-2-4-30(39)32-36-26-12-10-24(18-29(26)38-32)22-8-6-19-15-21(7-5-20(19)16-22)23-9-11-25-28(17-23)37-31(35-25)27-3-1-13-34-27/h5-12,15-18,27,30,34H,1-4,13-14H2,(H,35,37)(H,36,38)(H,40,41)/t27-,30-/m0/s1. The van der Waals surface area contributed by atoms with Gasteiger partial charge >= 0.3 is 6.09 Å². The van der Waals surface area contributed by atoms with E-state index in [0.717, 1.165) is 70.6 Å². The van der Waals surface area contributed by atoms with Gasteiger partial charge in [0.1, 0.15) is 11.6 Å². The second kappa shape index (κ2) is 9.45. The van der Waals surface area contributed by atoms with Gasteiger partial charge in [0.25, 0.3) is 0 Å². The molecule has 204 valence electrons. The summed E-state index contributed by atoms with van der Waals surface area (Å²) in [6, 6.07) is 26.0. The molecule has 4 heterocycles. The van der Waals surface area contributed by atoms with Crippen molar-refractivity contribution in [3.05, 3.63) is 84.4 Å². The lowest BCUT2D eigenvalue weighted by Crippen LogP contribution is -2.29. The highest BCUT2D eigenvalue weighted by Gasteiger charge is 2.32. The molecule has 0 aliphatic carbocycles. The maximum absolute atomic E-state index is 11.6. The van der Waals surface area contributed by atoms with Gasteiger partial charge in [0.2, 0.25) is 0 Å². The lowest BCUT2D eigenvalue weighted by Gasteiger charge is -2.19. The molecule has 0 unspecified atom stereocenters. The van der Waals surface area contributed by atoms with E-state index in [4.69, 9.17) is 9.97 Å². The Hall–Kier alpha value is -4.69. The van der Waals surface area contributed by atoms with E-state index in [2.05, 4.69) is 82.0 Å². The van der Waals surface area contributed by atoms with Gasteiger partial charge in [-0.05, 0) is 102 Å². The Morgan fingerprint density at radius 3 is 1.93 bits per heavy atom. The average molecular weight is 543 g/mol. The molecular formula is C33H30N6O2. The lowest BCUT2D eigenvalue weighted by atomic mass is 9.97. The first-order valence-electron chi connectivity index (χ1n) is 14.4. The van der Waals surface area contributed by atoms with Gasteiger partial charge in [-0.2, -0.15) is 0 Å². The van der Waals surface area contributed by atoms with E-state index in [1.165, 1.54) is 33.2 Å². The van der Waals surface area contributed by atoms with Crippen LogP contribution in [0.3, 0.4) is 0 Å². The van der Waals surface area contributed by atoms with Crippen LogP contribution in [0.25, 0.3) is 55.1 Å². The molecule has 0 bridgehead atoms. The first-order valence-corrected chi connectivity index (χ1v) is 14.4. The number of rotatable bonds is 4. The average Bonchev–Trinajstić information content (AvgIpc) is 3.81. The van der Waals surface area contributed by atoms with Crippen molar-refractivity contribution < 1.29 is 9.90 Å². The summed E-state index contributed by atoms with van der Waals surface area (Å²) in [7, 11) is 0. The number of benzene rings is 4. The third-order valence-corrected chi connectivity index (χ3v) is 8.71. The Kier molecular flexibility index (Phi) is 5.56. The van der Waals surface area contributed by atoms with Crippen LogP contribution in [-0.2, 0) is 0 Å². The van der Waals surface area contributed by atoms with Crippen LogP contribution >= 0.6 is 0 Å². The second-order valence-corrected chi connectivity index (χ2v) is 11.3. The molecule has 8 nitrogen and oxygen atoms in total. The third-order valence-electron chi connectivity index (χ3n) is 8.71. The van der Waals surface area contributed by atoms with Gasteiger partial charge < -0.3 is 20.4 Å². The molecule has 2 atom stereocenters. The number of likely N-dealkylation sites (tertiary alicyclic amines) is 1. The van der Waals surface area contributed by atoms with Gasteiger partial charge in [0.05, 0.1) is 34.2 Å². The number of fused-ring (bicyclic) bond motifs is 3. The number of hydrogen-bond donors (Lipinski definition) is 4. The molecule has 2 aromatic heterocycles. The minimum atomic E-state index is -0.888. The van der Waals surface area contributed by atoms with Crippen molar-refractivity contribution in [1.82, 2.24) is 30.2 Å². The molecule has 2 saturated heterocycles. The van der Waals surface area contributed by atoms with E-state index in [9.17, 15) is 9.90 Å². The monoisotopic (exact) mass is 542 g/mol. The fourth-order valence-electron chi connectivity index (χ4n) is 6.54. The smallest absolute Gasteiger partial charge is 0.407 e. The quantitative estimate of drug-likeness (QED) is 0.189. The first kappa shape index (κ1) is 24.1. The van der Waals surface area contributed by atoms with Crippen molar-refractivity contribution in [2.75, 3.05) is 13.1 Å². The number of hydrogen-bond acceptors (Lipinski definition) is 4.